The van der Waals surface area contributed by atoms with Gasteiger partial charge in [0.2, 0.25) is 0 Å². The first-order valence-electron chi connectivity index (χ1n) is 6.74. The molecule has 2 aromatic rings. The third-order valence-electron chi connectivity index (χ3n) is 3.27. The highest BCUT2D eigenvalue weighted by Crippen LogP contribution is 2.32. The summed E-state index contributed by atoms with van der Waals surface area (Å²) in [7, 11) is 0. The van der Waals surface area contributed by atoms with Crippen molar-refractivity contribution in [3.8, 4) is 11.5 Å². The molecule has 0 aromatic heterocycles. The monoisotopic (exact) mass is 270 g/mol. The summed E-state index contributed by atoms with van der Waals surface area (Å²) >= 11 is 0. The van der Waals surface area contributed by atoms with Gasteiger partial charge in [0, 0.05) is 12.0 Å². The van der Waals surface area contributed by atoms with E-state index < -0.39 is 0 Å². The van der Waals surface area contributed by atoms with E-state index in [0.717, 1.165) is 12.0 Å². The number of rotatable bonds is 5. The van der Waals surface area contributed by atoms with Crippen LogP contribution in [-0.4, -0.2) is 16.0 Å². The minimum Gasteiger partial charge on any atom is -0.508 e. The fraction of sp³-hybridized carbons (Fsp3) is 0.235. The third kappa shape index (κ3) is 2.99. The van der Waals surface area contributed by atoms with Crippen LogP contribution in [0.1, 0.15) is 34.8 Å². The number of ketones is 1. The molecule has 104 valence electrons. The molecule has 0 aliphatic carbocycles. The number of phenolic OH excluding ortho intramolecular Hbond substituents is 2. The largest absolute Gasteiger partial charge is 0.508 e. The Morgan fingerprint density at radius 3 is 2.40 bits per heavy atom. The quantitative estimate of drug-likeness (QED) is 0.818. The Morgan fingerprint density at radius 2 is 1.75 bits per heavy atom. The highest BCUT2D eigenvalue weighted by Gasteiger charge is 2.17. The molecule has 0 radical (unpaired) electrons. The average molecular weight is 270 g/mol. The number of phenols is 2. The van der Waals surface area contributed by atoms with Crippen molar-refractivity contribution in [2.45, 2.75) is 26.2 Å². The Hall–Kier alpha value is -2.29. The first-order chi connectivity index (χ1) is 9.63. The number of carbonyl (C=O) groups excluding carboxylic acids is 1. The van der Waals surface area contributed by atoms with Crippen LogP contribution in [0, 0.1) is 0 Å². The maximum atomic E-state index is 12.3. The molecule has 3 heteroatoms. The molecule has 0 bridgehead atoms. The van der Waals surface area contributed by atoms with Crippen LogP contribution in [0.25, 0.3) is 0 Å². The van der Waals surface area contributed by atoms with Gasteiger partial charge in [-0.15, -0.1) is 0 Å². The Morgan fingerprint density at radius 1 is 1.05 bits per heavy atom. The van der Waals surface area contributed by atoms with Gasteiger partial charge in [-0.1, -0.05) is 43.7 Å². The van der Waals surface area contributed by atoms with Crippen molar-refractivity contribution >= 4 is 5.78 Å². The summed E-state index contributed by atoms with van der Waals surface area (Å²) < 4.78 is 0. The first kappa shape index (κ1) is 14.1. The minimum absolute atomic E-state index is 0.0422. The Balaban J connectivity index is 2.28. The van der Waals surface area contributed by atoms with Gasteiger partial charge in [-0.3, -0.25) is 4.79 Å². The number of Topliss-reactive ketones (excluding diaryl/α,β-unsaturated/α-hetero) is 1. The fourth-order valence-electron chi connectivity index (χ4n) is 2.22. The van der Waals surface area contributed by atoms with E-state index in [9.17, 15) is 15.0 Å². The van der Waals surface area contributed by atoms with Gasteiger partial charge >= 0.3 is 0 Å². The zero-order chi connectivity index (χ0) is 14.5. The van der Waals surface area contributed by atoms with Gasteiger partial charge in [-0.25, -0.2) is 0 Å². The molecule has 0 fully saturated rings. The minimum atomic E-state index is -0.147. The van der Waals surface area contributed by atoms with E-state index in [1.165, 1.54) is 12.1 Å². The summed E-state index contributed by atoms with van der Waals surface area (Å²) in [6.07, 6.45) is 1.58. The van der Waals surface area contributed by atoms with Crippen LogP contribution < -0.4 is 0 Å². The lowest BCUT2D eigenvalue weighted by molar-refractivity contribution is 0.0990. The smallest absolute Gasteiger partial charge is 0.170 e. The zero-order valence-electron chi connectivity index (χ0n) is 11.5. The van der Waals surface area contributed by atoms with Gasteiger partial charge in [0.25, 0.3) is 0 Å². The molecule has 0 spiro atoms. The summed E-state index contributed by atoms with van der Waals surface area (Å²) in [6, 6.07) is 12.4. The highest BCUT2D eigenvalue weighted by molar-refractivity contribution is 6.00. The second-order valence-corrected chi connectivity index (χ2v) is 4.79. The number of aromatic hydroxyl groups is 2. The predicted octanol–water partition coefficient (Wildman–Crippen LogP) is 3.48. The van der Waals surface area contributed by atoms with Crippen molar-refractivity contribution in [2.24, 2.45) is 0 Å². The van der Waals surface area contributed by atoms with E-state index in [1.54, 1.807) is 0 Å². The van der Waals surface area contributed by atoms with Crippen molar-refractivity contribution in [3.05, 3.63) is 59.2 Å². The standard InChI is InChI=1S/C17H18O3/c1-2-6-13-15(18)10-9-14(17(13)20)16(19)11-12-7-4-3-5-8-12/h3-5,7-10,18,20H,2,6,11H2,1H3. The molecule has 0 heterocycles. The Kier molecular flexibility index (Phi) is 4.41. The molecule has 0 saturated carbocycles. The van der Waals surface area contributed by atoms with Crippen molar-refractivity contribution in [1.29, 1.82) is 0 Å². The number of hydrogen-bond acceptors (Lipinski definition) is 3. The molecule has 2 aromatic carbocycles. The second kappa shape index (κ2) is 6.24. The van der Waals surface area contributed by atoms with Crippen LogP contribution >= 0.6 is 0 Å². The fourth-order valence-corrected chi connectivity index (χ4v) is 2.22. The molecule has 0 amide bonds. The van der Waals surface area contributed by atoms with Gasteiger partial charge in [-0.05, 0) is 24.1 Å². The molecule has 2 N–H and O–H groups in total. The summed E-state index contributed by atoms with van der Waals surface area (Å²) in [5, 5.41) is 19.9. The molecule has 3 nitrogen and oxygen atoms in total. The van der Waals surface area contributed by atoms with Gasteiger partial charge in [0.05, 0.1) is 5.56 Å². The Bertz CT molecular complexity index is 603. The van der Waals surface area contributed by atoms with E-state index in [4.69, 9.17) is 0 Å². The van der Waals surface area contributed by atoms with Gasteiger partial charge in [-0.2, -0.15) is 0 Å². The number of hydrogen-bond donors (Lipinski definition) is 2. The van der Waals surface area contributed by atoms with Crippen LogP contribution in [0.4, 0.5) is 0 Å². The van der Waals surface area contributed by atoms with Crippen LogP contribution in [0.5, 0.6) is 11.5 Å². The molecule has 20 heavy (non-hydrogen) atoms. The molecular formula is C17H18O3. The Labute approximate surface area is 118 Å². The van der Waals surface area contributed by atoms with Crippen molar-refractivity contribution in [3.63, 3.8) is 0 Å². The molecule has 0 saturated heterocycles. The van der Waals surface area contributed by atoms with Crippen molar-refractivity contribution in [2.75, 3.05) is 0 Å². The van der Waals surface area contributed by atoms with Crippen LogP contribution in [0.3, 0.4) is 0 Å². The number of benzene rings is 2. The van der Waals surface area contributed by atoms with Gasteiger partial charge in [0.1, 0.15) is 11.5 Å². The highest BCUT2D eigenvalue weighted by atomic mass is 16.3. The second-order valence-electron chi connectivity index (χ2n) is 4.79. The van der Waals surface area contributed by atoms with Gasteiger partial charge in [0.15, 0.2) is 5.78 Å². The SMILES string of the molecule is CCCc1c(O)ccc(C(=O)Cc2ccccc2)c1O. The topological polar surface area (TPSA) is 57.5 Å². The first-order valence-corrected chi connectivity index (χ1v) is 6.74. The van der Waals surface area contributed by atoms with Crippen molar-refractivity contribution < 1.29 is 15.0 Å². The average Bonchev–Trinajstić information content (AvgIpc) is 2.44. The summed E-state index contributed by atoms with van der Waals surface area (Å²) in [5.41, 5.74) is 1.63. The molecule has 0 aliphatic rings. The van der Waals surface area contributed by atoms with Crippen LogP contribution in [-0.2, 0) is 12.8 Å². The van der Waals surface area contributed by atoms with E-state index in [0.29, 0.717) is 12.0 Å². The molecule has 2 rings (SSSR count). The zero-order valence-corrected chi connectivity index (χ0v) is 11.5. The molecule has 0 unspecified atom stereocenters. The molecule has 0 aliphatic heterocycles. The van der Waals surface area contributed by atoms with E-state index in [2.05, 4.69) is 0 Å². The van der Waals surface area contributed by atoms with E-state index in [1.807, 2.05) is 37.3 Å². The van der Waals surface area contributed by atoms with Gasteiger partial charge < -0.3 is 10.2 Å². The van der Waals surface area contributed by atoms with Crippen LogP contribution in [0.15, 0.2) is 42.5 Å². The maximum Gasteiger partial charge on any atom is 0.170 e. The van der Waals surface area contributed by atoms with E-state index in [-0.39, 0.29) is 29.3 Å². The van der Waals surface area contributed by atoms with Crippen LogP contribution in [0.2, 0.25) is 0 Å². The van der Waals surface area contributed by atoms with E-state index >= 15 is 0 Å². The third-order valence-corrected chi connectivity index (χ3v) is 3.27. The molecular weight excluding hydrogens is 252 g/mol. The summed E-state index contributed by atoms with van der Waals surface area (Å²) in [4.78, 5) is 12.3. The van der Waals surface area contributed by atoms with Crippen molar-refractivity contribution in [1.82, 2.24) is 0 Å². The summed E-state index contributed by atoms with van der Waals surface area (Å²) in [6.45, 7) is 1.96. The normalized spacial score (nSPS) is 10.4. The molecule has 0 atom stereocenters. The lowest BCUT2D eigenvalue weighted by Gasteiger charge is -2.10. The lowest BCUT2D eigenvalue weighted by Crippen LogP contribution is -2.05. The lowest BCUT2D eigenvalue weighted by atomic mass is 9.97. The number of carbonyl (C=O) groups is 1. The predicted molar refractivity (Wildman–Crippen MR) is 78.2 cm³/mol. The maximum absolute atomic E-state index is 12.3. The summed E-state index contributed by atoms with van der Waals surface area (Å²) in [5.74, 6) is -0.195.